The van der Waals surface area contributed by atoms with Gasteiger partial charge in [-0.3, -0.25) is 19.2 Å². The van der Waals surface area contributed by atoms with Crippen LogP contribution in [0.2, 0.25) is 0 Å². The van der Waals surface area contributed by atoms with Gasteiger partial charge in [-0.2, -0.15) is 0 Å². The molecular formula is C12H21N3O7. The summed E-state index contributed by atoms with van der Waals surface area (Å²) in [6.07, 6.45) is -1.82. The van der Waals surface area contributed by atoms with Crippen LogP contribution in [0.1, 0.15) is 26.7 Å². The lowest BCUT2D eigenvalue weighted by molar-refractivity contribution is -0.142. The second kappa shape index (κ2) is 8.95. The minimum atomic E-state index is -1.29. The van der Waals surface area contributed by atoms with Crippen molar-refractivity contribution in [2.45, 2.75) is 50.9 Å². The summed E-state index contributed by atoms with van der Waals surface area (Å²) < 4.78 is 0. The number of aliphatic carboxylic acids is 2. The summed E-state index contributed by atoms with van der Waals surface area (Å²) in [7, 11) is 0. The number of amides is 2. The summed E-state index contributed by atoms with van der Waals surface area (Å²) in [6, 6.07) is -3.77. The van der Waals surface area contributed by atoms with Crippen LogP contribution < -0.4 is 16.4 Å². The molecule has 10 nitrogen and oxygen atoms in total. The number of carbonyl (C=O) groups excluding carboxylic acids is 2. The van der Waals surface area contributed by atoms with E-state index in [2.05, 4.69) is 10.6 Å². The van der Waals surface area contributed by atoms with Gasteiger partial charge in [-0.25, -0.2) is 0 Å². The Bertz CT molecular complexity index is 438. The van der Waals surface area contributed by atoms with Crippen molar-refractivity contribution in [2.24, 2.45) is 5.73 Å². The van der Waals surface area contributed by atoms with Gasteiger partial charge in [0.15, 0.2) is 0 Å². The van der Waals surface area contributed by atoms with Crippen LogP contribution in [0.3, 0.4) is 0 Å². The zero-order valence-corrected chi connectivity index (χ0v) is 12.3. The van der Waals surface area contributed by atoms with Crippen molar-refractivity contribution in [3.05, 3.63) is 0 Å². The fourth-order valence-corrected chi connectivity index (χ4v) is 1.40. The number of aliphatic hydroxyl groups excluding tert-OH is 1. The molecule has 22 heavy (non-hydrogen) atoms. The van der Waals surface area contributed by atoms with Crippen LogP contribution in [-0.4, -0.2) is 63.3 Å². The average Bonchev–Trinajstić information content (AvgIpc) is 2.41. The van der Waals surface area contributed by atoms with Crippen LogP contribution in [0.25, 0.3) is 0 Å². The lowest BCUT2D eigenvalue weighted by atomic mass is 10.1. The van der Waals surface area contributed by atoms with Gasteiger partial charge in [0.2, 0.25) is 11.8 Å². The Morgan fingerprint density at radius 3 is 2.00 bits per heavy atom. The minimum Gasteiger partial charge on any atom is -0.481 e. The third-order valence-electron chi connectivity index (χ3n) is 2.83. The molecule has 0 fully saturated rings. The van der Waals surface area contributed by atoms with Gasteiger partial charge in [0.1, 0.15) is 18.1 Å². The predicted molar refractivity (Wildman–Crippen MR) is 73.7 cm³/mol. The van der Waals surface area contributed by atoms with Gasteiger partial charge in [0, 0.05) is 6.42 Å². The molecule has 10 heteroatoms. The van der Waals surface area contributed by atoms with Crippen LogP contribution >= 0.6 is 0 Å². The van der Waals surface area contributed by atoms with Crippen LogP contribution in [0.5, 0.6) is 0 Å². The highest BCUT2D eigenvalue weighted by atomic mass is 16.4. The molecule has 0 saturated heterocycles. The van der Waals surface area contributed by atoms with E-state index in [1.165, 1.54) is 13.8 Å². The van der Waals surface area contributed by atoms with Crippen LogP contribution in [0, 0.1) is 0 Å². The first-order valence-electron chi connectivity index (χ1n) is 6.55. The first-order chi connectivity index (χ1) is 10.1. The van der Waals surface area contributed by atoms with Crippen molar-refractivity contribution >= 4 is 23.8 Å². The van der Waals surface area contributed by atoms with Crippen molar-refractivity contribution in [3.8, 4) is 0 Å². The zero-order chi connectivity index (χ0) is 17.4. The molecule has 2 amide bonds. The number of carboxylic acid groups (broad SMARTS) is 2. The number of hydrogen-bond acceptors (Lipinski definition) is 6. The number of carbonyl (C=O) groups is 4. The fourth-order valence-electron chi connectivity index (χ4n) is 1.40. The van der Waals surface area contributed by atoms with E-state index in [4.69, 9.17) is 15.9 Å². The second-order valence-corrected chi connectivity index (χ2v) is 4.83. The number of rotatable bonds is 9. The number of carboxylic acids is 2. The number of nitrogens with one attached hydrogen (secondary N) is 2. The molecule has 0 aliphatic carbocycles. The molecule has 0 aliphatic rings. The van der Waals surface area contributed by atoms with Crippen LogP contribution in [-0.2, 0) is 19.2 Å². The first kappa shape index (κ1) is 19.8. The molecule has 0 aromatic heterocycles. The maximum Gasteiger partial charge on any atom is 0.325 e. The predicted octanol–water partition coefficient (Wildman–Crippen LogP) is -2.37. The summed E-state index contributed by atoms with van der Waals surface area (Å²) in [5.74, 6) is -4.15. The summed E-state index contributed by atoms with van der Waals surface area (Å²) >= 11 is 0. The number of nitrogens with two attached hydrogens (primary N) is 1. The SMILES string of the molecule is C[C@H](NC(=O)[C@H](CCC(=O)O)NC(=O)[C@@H](N)[C@@H](C)O)C(=O)O. The lowest BCUT2D eigenvalue weighted by Crippen LogP contribution is -2.56. The van der Waals surface area contributed by atoms with E-state index in [-0.39, 0.29) is 6.42 Å². The third kappa shape index (κ3) is 6.99. The standard InChI is InChI=1S/C12H21N3O7/c1-5(12(21)22)14-10(19)7(3-4-8(17)18)15-11(20)9(13)6(2)16/h5-7,9,16H,3-4,13H2,1-2H3,(H,14,19)(H,15,20)(H,17,18)(H,21,22)/t5-,6+,7-,9-/m0/s1. The van der Waals surface area contributed by atoms with E-state index in [1.807, 2.05) is 0 Å². The molecule has 126 valence electrons. The Kier molecular flexibility index (Phi) is 8.05. The maximum absolute atomic E-state index is 11.9. The van der Waals surface area contributed by atoms with Gasteiger partial charge in [-0.05, 0) is 20.3 Å². The summed E-state index contributed by atoms with van der Waals surface area (Å²) in [4.78, 5) is 44.9. The smallest absolute Gasteiger partial charge is 0.325 e. The Morgan fingerprint density at radius 1 is 1.05 bits per heavy atom. The summed E-state index contributed by atoms with van der Waals surface area (Å²) in [5, 5.41) is 30.9. The van der Waals surface area contributed by atoms with E-state index < -0.39 is 54.4 Å². The van der Waals surface area contributed by atoms with Gasteiger partial charge >= 0.3 is 11.9 Å². The largest absolute Gasteiger partial charge is 0.481 e. The molecule has 7 N–H and O–H groups in total. The highest BCUT2D eigenvalue weighted by Gasteiger charge is 2.28. The molecule has 0 aliphatic heterocycles. The van der Waals surface area contributed by atoms with Gasteiger partial charge in [0.05, 0.1) is 6.10 Å². The molecule has 0 unspecified atom stereocenters. The highest BCUT2D eigenvalue weighted by molar-refractivity contribution is 5.92. The van der Waals surface area contributed by atoms with E-state index in [1.54, 1.807) is 0 Å². The van der Waals surface area contributed by atoms with Crippen molar-refractivity contribution < 1.29 is 34.5 Å². The fraction of sp³-hybridized carbons (Fsp3) is 0.667. The van der Waals surface area contributed by atoms with Crippen molar-refractivity contribution in [1.82, 2.24) is 10.6 Å². The summed E-state index contributed by atoms with van der Waals surface area (Å²) in [5.41, 5.74) is 5.41. The minimum absolute atomic E-state index is 0.244. The molecule has 0 bridgehead atoms. The topological polar surface area (TPSA) is 179 Å². The Labute approximate surface area is 126 Å². The van der Waals surface area contributed by atoms with Gasteiger partial charge in [-0.15, -0.1) is 0 Å². The van der Waals surface area contributed by atoms with Gasteiger partial charge < -0.3 is 31.7 Å². The van der Waals surface area contributed by atoms with E-state index >= 15 is 0 Å². The maximum atomic E-state index is 11.9. The molecule has 0 heterocycles. The normalized spacial score (nSPS) is 16.0. The zero-order valence-electron chi connectivity index (χ0n) is 12.3. The Hall–Kier alpha value is -2.20. The molecule has 0 radical (unpaired) electrons. The van der Waals surface area contributed by atoms with E-state index in [0.29, 0.717) is 0 Å². The van der Waals surface area contributed by atoms with E-state index in [0.717, 1.165) is 0 Å². The second-order valence-electron chi connectivity index (χ2n) is 4.83. The molecule has 0 spiro atoms. The molecular weight excluding hydrogens is 298 g/mol. The van der Waals surface area contributed by atoms with E-state index in [9.17, 15) is 24.3 Å². The number of aliphatic hydroxyl groups is 1. The third-order valence-corrected chi connectivity index (χ3v) is 2.83. The van der Waals surface area contributed by atoms with Gasteiger partial charge in [-0.1, -0.05) is 0 Å². The van der Waals surface area contributed by atoms with Gasteiger partial charge in [0.25, 0.3) is 0 Å². The van der Waals surface area contributed by atoms with Crippen molar-refractivity contribution in [3.63, 3.8) is 0 Å². The van der Waals surface area contributed by atoms with Crippen LogP contribution in [0.15, 0.2) is 0 Å². The molecule has 0 aromatic carbocycles. The monoisotopic (exact) mass is 319 g/mol. The van der Waals surface area contributed by atoms with Crippen LogP contribution in [0.4, 0.5) is 0 Å². The van der Waals surface area contributed by atoms with Crippen molar-refractivity contribution in [2.75, 3.05) is 0 Å². The summed E-state index contributed by atoms with van der Waals surface area (Å²) in [6.45, 7) is 2.50. The molecule has 0 saturated carbocycles. The highest BCUT2D eigenvalue weighted by Crippen LogP contribution is 2.01. The first-order valence-corrected chi connectivity index (χ1v) is 6.55. The lowest BCUT2D eigenvalue weighted by Gasteiger charge is -2.22. The Balaban J connectivity index is 4.88. The average molecular weight is 319 g/mol. The number of hydrogen-bond donors (Lipinski definition) is 6. The molecule has 0 aromatic rings. The quantitative estimate of drug-likeness (QED) is 0.273. The Morgan fingerprint density at radius 2 is 1.59 bits per heavy atom. The van der Waals surface area contributed by atoms with Crippen molar-refractivity contribution in [1.29, 1.82) is 0 Å². The molecule has 4 atom stereocenters. The molecule has 0 rings (SSSR count).